The van der Waals surface area contributed by atoms with Crippen LogP contribution >= 0.6 is 11.6 Å². The molecule has 4 aromatic rings. The van der Waals surface area contributed by atoms with Crippen molar-refractivity contribution in [3.05, 3.63) is 81.6 Å². The highest BCUT2D eigenvalue weighted by atomic mass is 35.5. The molecule has 218 valence electrons. The lowest BCUT2D eigenvalue weighted by Gasteiger charge is -2.29. The van der Waals surface area contributed by atoms with Gasteiger partial charge in [-0.05, 0) is 68.4 Å². The summed E-state index contributed by atoms with van der Waals surface area (Å²) in [5, 5.41) is 2.98. The minimum Gasteiger partial charge on any atom is -0.349 e. The second kappa shape index (κ2) is 11.6. The van der Waals surface area contributed by atoms with Gasteiger partial charge >= 0.3 is 5.69 Å². The molecular formula is C30H29ClF2N6O3. The van der Waals surface area contributed by atoms with Gasteiger partial charge in [0.1, 0.15) is 11.5 Å². The molecule has 1 aliphatic heterocycles. The van der Waals surface area contributed by atoms with Gasteiger partial charge in [-0.2, -0.15) is 0 Å². The Morgan fingerprint density at radius 3 is 2.45 bits per heavy atom. The van der Waals surface area contributed by atoms with E-state index >= 15 is 0 Å². The monoisotopic (exact) mass is 594 g/mol. The van der Waals surface area contributed by atoms with E-state index in [9.17, 15) is 23.2 Å². The Morgan fingerprint density at radius 2 is 1.79 bits per heavy atom. The number of hydrogen-bond donors (Lipinski definition) is 1. The van der Waals surface area contributed by atoms with Crippen molar-refractivity contribution in [2.75, 3.05) is 11.4 Å². The van der Waals surface area contributed by atoms with Crippen LogP contribution in [0.5, 0.6) is 0 Å². The number of alkyl halides is 2. The number of aromatic nitrogens is 4. The maximum absolute atomic E-state index is 13.7. The summed E-state index contributed by atoms with van der Waals surface area (Å²) in [4.78, 5) is 48.5. The fraction of sp³-hybridized carbons (Fsp3) is 0.367. The summed E-state index contributed by atoms with van der Waals surface area (Å²) in [6.07, 6.45) is 4.01. The Balaban J connectivity index is 1.16. The maximum atomic E-state index is 13.7. The number of halogens is 3. The molecule has 2 fully saturated rings. The van der Waals surface area contributed by atoms with Crippen LogP contribution in [0.1, 0.15) is 61.0 Å². The zero-order valence-electron chi connectivity index (χ0n) is 22.7. The molecule has 1 saturated heterocycles. The number of nitrogens with zero attached hydrogens (tertiary/aromatic N) is 5. The van der Waals surface area contributed by atoms with Crippen LogP contribution in [0.15, 0.2) is 59.7 Å². The number of amides is 2. The van der Waals surface area contributed by atoms with Gasteiger partial charge in [0, 0.05) is 31.7 Å². The fourth-order valence-corrected chi connectivity index (χ4v) is 6.17. The Hall–Kier alpha value is -4.12. The van der Waals surface area contributed by atoms with Crippen LogP contribution < -0.4 is 15.9 Å². The number of anilines is 1. The van der Waals surface area contributed by atoms with E-state index in [4.69, 9.17) is 11.6 Å². The van der Waals surface area contributed by atoms with Crippen molar-refractivity contribution in [3.63, 3.8) is 0 Å². The number of imidazole rings is 1. The highest BCUT2D eigenvalue weighted by Crippen LogP contribution is 2.29. The lowest BCUT2D eigenvalue weighted by Crippen LogP contribution is -2.39. The SMILES string of the molecule is O=C(NC1CCC(Cn2c(=O)n(-c3ccc(N4CCCC4=O)cn3)c3ccccc32)CC1)c1cc(Cl)cnc1C(F)F. The van der Waals surface area contributed by atoms with Crippen molar-refractivity contribution < 1.29 is 18.4 Å². The number of benzene rings is 1. The first kappa shape index (κ1) is 28.0. The summed E-state index contributed by atoms with van der Waals surface area (Å²) in [6, 6.07) is 12.2. The van der Waals surface area contributed by atoms with Crippen LogP contribution in [0.3, 0.4) is 0 Å². The van der Waals surface area contributed by atoms with Crippen LogP contribution in [0.4, 0.5) is 14.5 Å². The molecule has 0 atom stereocenters. The highest BCUT2D eigenvalue weighted by Gasteiger charge is 2.28. The van der Waals surface area contributed by atoms with Crippen LogP contribution in [0.25, 0.3) is 16.9 Å². The van der Waals surface area contributed by atoms with Gasteiger partial charge in [-0.1, -0.05) is 23.7 Å². The molecule has 2 amide bonds. The van der Waals surface area contributed by atoms with E-state index in [0.29, 0.717) is 38.2 Å². The largest absolute Gasteiger partial charge is 0.349 e. The van der Waals surface area contributed by atoms with Crippen LogP contribution in [0, 0.1) is 5.92 Å². The molecule has 9 nitrogen and oxygen atoms in total. The number of carbonyl (C=O) groups excluding carboxylic acids is 2. The van der Waals surface area contributed by atoms with Crippen molar-refractivity contribution in [1.29, 1.82) is 0 Å². The van der Waals surface area contributed by atoms with Gasteiger partial charge in [0.25, 0.3) is 12.3 Å². The van der Waals surface area contributed by atoms with Gasteiger partial charge in [0.15, 0.2) is 0 Å². The Kier molecular flexibility index (Phi) is 7.76. The normalized spacial score (nSPS) is 19.1. The molecule has 0 spiro atoms. The third-order valence-corrected chi connectivity index (χ3v) is 8.35. The minimum atomic E-state index is -2.89. The molecule has 4 heterocycles. The molecule has 0 bridgehead atoms. The molecule has 1 aliphatic carbocycles. The first-order chi connectivity index (χ1) is 20.3. The molecule has 1 saturated carbocycles. The van der Waals surface area contributed by atoms with E-state index in [0.717, 1.165) is 42.2 Å². The number of rotatable bonds is 7. The quantitative estimate of drug-likeness (QED) is 0.313. The van der Waals surface area contributed by atoms with Gasteiger partial charge < -0.3 is 10.2 Å². The van der Waals surface area contributed by atoms with E-state index in [-0.39, 0.29) is 34.1 Å². The molecular weight excluding hydrogens is 566 g/mol. The van der Waals surface area contributed by atoms with E-state index < -0.39 is 18.0 Å². The third-order valence-electron chi connectivity index (χ3n) is 8.14. The number of hydrogen-bond acceptors (Lipinski definition) is 5. The van der Waals surface area contributed by atoms with Crippen LogP contribution in [-0.2, 0) is 11.3 Å². The summed E-state index contributed by atoms with van der Waals surface area (Å²) in [5.74, 6) is 0.133. The molecule has 6 rings (SSSR count). The number of pyridine rings is 2. The van der Waals surface area contributed by atoms with Crippen molar-refractivity contribution in [3.8, 4) is 5.82 Å². The van der Waals surface area contributed by atoms with Gasteiger partial charge in [-0.3, -0.25) is 19.1 Å². The van der Waals surface area contributed by atoms with Crippen molar-refractivity contribution in [1.82, 2.24) is 24.4 Å². The summed E-state index contributed by atoms with van der Waals surface area (Å²) < 4.78 is 30.1. The average molecular weight is 595 g/mol. The van der Waals surface area contributed by atoms with Gasteiger partial charge in [0.2, 0.25) is 5.91 Å². The summed E-state index contributed by atoms with van der Waals surface area (Å²) in [7, 11) is 0. The van der Waals surface area contributed by atoms with Crippen LogP contribution in [-0.4, -0.2) is 43.5 Å². The zero-order valence-corrected chi connectivity index (χ0v) is 23.4. The number of fused-ring (bicyclic) bond motifs is 1. The van der Waals surface area contributed by atoms with Gasteiger partial charge in [-0.25, -0.2) is 23.1 Å². The molecule has 0 radical (unpaired) electrons. The number of nitrogens with one attached hydrogen (secondary N) is 1. The van der Waals surface area contributed by atoms with E-state index in [1.807, 2.05) is 30.3 Å². The Bertz CT molecular complexity index is 1700. The molecule has 0 unspecified atom stereocenters. The van der Waals surface area contributed by atoms with E-state index in [1.165, 1.54) is 6.07 Å². The number of carbonyl (C=O) groups is 2. The van der Waals surface area contributed by atoms with Crippen molar-refractivity contribution >= 4 is 40.1 Å². The summed E-state index contributed by atoms with van der Waals surface area (Å²) in [6.45, 7) is 1.17. The summed E-state index contributed by atoms with van der Waals surface area (Å²) >= 11 is 5.90. The Morgan fingerprint density at radius 1 is 1.02 bits per heavy atom. The number of para-hydroxylation sites is 2. The summed E-state index contributed by atoms with van der Waals surface area (Å²) in [5.41, 5.74) is 1.26. The lowest BCUT2D eigenvalue weighted by molar-refractivity contribution is -0.117. The van der Waals surface area contributed by atoms with Crippen molar-refractivity contribution in [2.24, 2.45) is 5.92 Å². The first-order valence-corrected chi connectivity index (χ1v) is 14.4. The van der Waals surface area contributed by atoms with E-state index in [2.05, 4.69) is 15.3 Å². The smallest absolute Gasteiger partial charge is 0.334 e. The average Bonchev–Trinajstić information content (AvgIpc) is 3.54. The maximum Gasteiger partial charge on any atom is 0.334 e. The molecule has 12 heteroatoms. The second-order valence-corrected chi connectivity index (χ2v) is 11.3. The topological polar surface area (TPSA) is 102 Å². The van der Waals surface area contributed by atoms with Gasteiger partial charge in [0.05, 0.1) is 33.5 Å². The predicted molar refractivity (Wildman–Crippen MR) is 154 cm³/mol. The fourth-order valence-electron chi connectivity index (χ4n) is 6.01. The second-order valence-electron chi connectivity index (χ2n) is 10.8. The standard InChI is InChI=1S/C30H29ClF2N6O3/c31-19-14-22(27(28(32)33)35-15-19)29(41)36-20-9-7-18(8-10-20)17-38-23-4-1-2-5-24(23)39(30(38)42)25-12-11-21(16-34-25)37-13-3-6-26(37)40/h1-2,4-5,11-12,14-16,18,20,28H,3,6-10,13,17H2,(H,36,41). The first-order valence-electron chi connectivity index (χ1n) is 14.0. The molecule has 3 aromatic heterocycles. The molecule has 1 aromatic carbocycles. The molecule has 1 N–H and O–H groups in total. The van der Waals surface area contributed by atoms with E-state index in [1.54, 1.807) is 26.3 Å². The van der Waals surface area contributed by atoms with Gasteiger partial charge in [-0.15, -0.1) is 0 Å². The van der Waals surface area contributed by atoms with Crippen molar-refractivity contribution in [2.45, 2.75) is 57.5 Å². The minimum absolute atomic E-state index is 0.0759. The molecule has 2 aliphatic rings. The Labute approximate surface area is 245 Å². The third kappa shape index (κ3) is 5.40. The highest BCUT2D eigenvalue weighted by molar-refractivity contribution is 6.30. The molecule has 42 heavy (non-hydrogen) atoms. The van der Waals surface area contributed by atoms with Crippen LogP contribution in [0.2, 0.25) is 5.02 Å². The predicted octanol–water partition coefficient (Wildman–Crippen LogP) is 5.29. The zero-order chi connectivity index (χ0) is 29.4. The lowest BCUT2D eigenvalue weighted by atomic mass is 9.85.